The zero-order chi connectivity index (χ0) is 29.2. The Bertz CT molecular complexity index is 1430. The van der Waals surface area contributed by atoms with Gasteiger partial charge in [0.05, 0.1) is 25.4 Å². The highest BCUT2D eigenvalue weighted by molar-refractivity contribution is 7.53. The molecule has 1 saturated heterocycles. The molecule has 0 amide bonds. The van der Waals surface area contributed by atoms with Crippen LogP contribution in [-0.2, 0) is 45.9 Å². The van der Waals surface area contributed by atoms with Gasteiger partial charge >= 0.3 is 19.3 Å². The van der Waals surface area contributed by atoms with Gasteiger partial charge in [-0.05, 0) is 31.5 Å². The summed E-state index contributed by atoms with van der Waals surface area (Å²) in [7, 11) is -3.56. The maximum Gasteiger partial charge on any atom is 0.356 e. The van der Waals surface area contributed by atoms with E-state index < -0.39 is 49.8 Å². The van der Waals surface area contributed by atoms with Crippen LogP contribution in [0.1, 0.15) is 42.4 Å². The van der Waals surface area contributed by atoms with Crippen LogP contribution in [0.4, 0.5) is 0 Å². The number of hydrogen-bond acceptors (Lipinski definition) is 10. The van der Waals surface area contributed by atoms with Crippen LogP contribution >= 0.6 is 7.60 Å². The molecule has 1 aliphatic heterocycles. The molecule has 2 aromatic carbocycles. The average Bonchev–Trinajstić information content (AvgIpc) is 3.37. The molecule has 2 heterocycles. The lowest BCUT2D eigenvalue weighted by atomic mass is 10.2. The number of carbonyl (C=O) groups excluding carboxylic acids is 1. The molecule has 3 atom stereocenters. The van der Waals surface area contributed by atoms with Crippen molar-refractivity contribution >= 4 is 13.6 Å². The first-order valence-electron chi connectivity index (χ1n) is 13.2. The third-order valence-corrected chi connectivity index (χ3v) is 7.84. The van der Waals surface area contributed by atoms with Gasteiger partial charge in [-0.1, -0.05) is 48.5 Å². The monoisotopic (exact) mass is 588 g/mol. The number of hydrogen-bond donors (Lipinski definition) is 0. The van der Waals surface area contributed by atoms with E-state index in [-0.39, 0.29) is 33.0 Å². The van der Waals surface area contributed by atoms with E-state index in [0.717, 1.165) is 14.7 Å². The summed E-state index contributed by atoms with van der Waals surface area (Å²) in [4.78, 5) is 38.9. The molecule has 1 aromatic heterocycles. The first-order chi connectivity index (χ1) is 19.8. The van der Waals surface area contributed by atoms with Crippen LogP contribution in [0.3, 0.4) is 0 Å². The van der Waals surface area contributed by atoms with Gasteiger partial charge in [-0.3, -0.25) is 13.9 Å². The molecule has 0 saturated carbocycles. The van der Waals surface area contributed by atoms with Crippen molar-refractivity contribution < 1.29 is 37.4 Å². The molecule has 0 spiro atoms. The Morgan fingerprint density at radius 2 is 1.63 bits per heavy atom. The first-order valence-corrected chi connectivity index (χ1v) is 14.9. The van der Waals surface area contributed by atoms with Crippen LogP contribution in [0.2, 0.25) is 0 Å². The molecule has 4 rings (SSSR count). The average molecular weight is 589 g/mol. The molecule has 0 aliphatic carbocycles. The topological polar surface area (TPSA) is 134 Å². The maximum absolute atomic E-state index is 13.4. The molecule has 12 nitrogen and oxygen atoms in total. The Hall–Kier alpha value is -3.38. The van der Waals surface area contributed by atoms with Crippen LogP contribution in [0.5, 0.6) is 0 Å². The van der Waals surface area contributed by atoms with Crippen LogP contribution in [0, 0.1) is 0 Å². The number of carbonyl (C=O) groups is 1. The molecule has 0 bridgehead atoms. The molecule has 1 aliphatic rings. The molecule has 0 unspecified atom stereocenters. The number of aromatic nitrogens is 2. The normalized spacial score (nSPS) is 18.8. The van der Waals surface area contributed by atoms with Crippen LogP contribution in [0.25, 0.3) is 0 Å². The van der Waals surface area contributed by atoms with Crippen LogP contribution in [0.15, 0.2) is 82.5 Å². The summed E-state index contributed by atoms with van der Waals surface area (Å²) in [5.41, 5.74) is -0.122. The highest BCUT2D eigenvalue weighted by Gasteiger charge is 2.42. The van der Waals surface area contributed by atoms with Crippen molar-refractivity contribution in [3.63, 3.8) is 0 Å². The first kappa shape index (κ1) is 30.6. The fourth-order valence-electron chi connectivity index (χ4n) is 4.20. The number of rotatable bonds is 14. The van der Waals surface area contributed by atoms with Gasteiger partial charge in [0.1, 0.15) is 6.73 Å². The van der Waals surface area contributed by atoms with E-state index in [1.165, 1.54) is 12.3 Å². The van der Waals surface area contributed by atoms with Gasteiger partial charge < -0.3 is 28.0 Å². The SMILES string of the molecule is CCOP(=O)(CO[C@H]1C[C@@H](OC(=O)c2ccccc2)[C@H](n2ccc(=O)n(COCc3ccccc3)c2=O)O1)OCC. The number of esters is 1. The third kappa shape index (κ3) is 8.10. The van der Waals surface area contributed by atoms with E-state index >= 15 is 0 Å². The van der Waals surface area contributed by atoms with Gasteiger partial charge in [0.2, 0.25) is 0 Å². The molecule has 0 radical (unpaired) electrons. The molecule has 3 aromatic rings. The smallest absolute Gasteiger partial charge is 0.356 e. The van der Waals surface area contributed by atoms with E-state index in [9.17, 15) is 18.9 Å². The summed E-state index contributed by atoms with van der Waals surface area (Å²) in [5.74, 6) is -0.633. The lowest BCUT2D eigenvalue weighted by Gasteiger charge is -2.22. The minimum absolute atomic E-state index is 0.0115. The quantitative estimate of drug-likeness (QED) is 0.202. The van der Waals surface area contributed by atoms with Crippen LogP contribution in [-0.4, -0.2) is 47.1 Å². The lowest BCUT2D eigenvalue weighted by molar-refractivity contribution is -0.149. The van der Waals surface area contributed by atoms with Gasteiger partial charge in [-0.25, -0.2) is 14.2 Å². The van der Waals surface area contributed by atoms with Crippen molar-refractivity contribution in [2.45, 2.75) is 52.2 Å². The van der Waals surface area contributed by atoms with E-state index in [1.807, 2.05) is 30.3 Å². The van der Waals surface area contributed by atoms with Crippen molar-refractivity contribution in [2.75, 3.05) is 19.6 Å². The Morgan fingerprint density at radius 3 is 2.29 bits per heavy atom. The van der Waals surface area contributed by atoms with E-state index in [2.05, 4.69) is 0 Å². The minimum atomic E-state index is -3.56. The third-order valence-electron chi connectivity index (χ3n) is 6.07. The highest BCUT2D eigenvalue weighted by Crippen LogP contribution is 2.48. The number of benzene rings is 2. The second kappa shape index (κ2) is 14.5. The largest absolute Gasteiger partial charge is 0.454 e. The molecule has 1 fully saturated rings. The molecule has 220 valence electrons. The minimum Gasteiger partial charge on any atom is -0.454 e. The molecule has 13 heteroatoms. The van der Waals surface area contributed by atoms with E-state index in [0.29, 0.717) is 5.56 Å². The lowest BCUT2D eigenvalue weighted by Crippen LogP contribution is -2.43. The standard InChI is InChI=1S/C28H33N2O10P/c1-3-37-41(34,38-4-2)20-36-25-17-23(39-27(32)22-13-9-6-10-14-22)26(40-25)29-16-15-24(31)30(28(29)33)19-35-18-21-11-7-5-8-12-21/h5-16,23,25-26H,3-4,17-20H2,1-2H3/t23-,25-,26-/m1/s1. The Morgan fingerprint density at radius 1 is 0.976 bits per heavy atom. The summed E-state index contributed by atoms with van der Waals surface area (Å²) in [6, 6.07) is 18.8. The maximum atomic E-state index is 13.4. The number of ether oxygens (including phenoxy) is 4. The zero-order valence-electron chi connectivity index (χ0n) is 22.8. The van der Waals surface area contributed by atoms with Crippen molar-refractivity contribution in [3.8, 4) is 0 Å². The second-order valence-corrected chi connectivity index (χ2v) is 11.0. The Labute approximate surface area is 236 Å². The van der Waals surface area contributed by atoms with Gasteiger partial charge in [0, 0.05) is 18.7 Å². The fourth-order valence-corrected chi connectivity index (χ4v) is 5.55. The van der Waals surface area contributed by atoms with E-state index in [1.54, 1.807) is 44.2 Å². The molecule has 0 N–H and O–H groups in total. The van der Waals surface area contributed by atoms with Crippen molar-refractivity contribution in [1.82, 2.24) is 9.13 Å². The second-order valence-electron chi connectivity index (χ2n) is 8.98. The van der Waals surface area contributed by atoms with Gasteiger partial charge in [-0.15, -0.1) is 0 Å². The summed E-state index contributed by atoms with van der Waals surface area (Å²) in [6.45, 7) is 3.54. The fraction of sp³-hybridized carbons (Fsp3) is 0.393. The molecule has 41 heavy (non-hydrogen) atoms. The summed E-state index contributed by atoms with van der Waals surface area (Å²) in [6.07, 6.45) is -2.30. The summed E-state index contributed by atoms with van der Waals surface area (Å²) in [5, 5.41) is 0. The summed E-state index contributed by atoms with van der Waals surface area (Å²) < 4.78 is 48.5. The predicted molar refractivity (Wildman–Crippen MR) is 147 cm³/mol. The molecular weight excluding hydrogens is 555 g/mol. The van der Waals surface area contributed by atoms with Crippen LogP contribution < -0.4 is 11.2 Å². The zero-order valence-corrected chi connectivity index (χ0v) is 23.7. The molecular formula is C28H33N2O10P. The van der Waals surface area contributed by atoms with Gasteiger partial charge in [-0.2, -0.15) is 0 Å². The Kier molecular flexibility index (Phi) is 10.8. The van der Waals surface area contributed by atoms with Crippen molar-refractivity contribution in [3.05, 3.63) is 105 Å². The van der Waals surface area contributed by atoms with Crippen molar-refractivity contribution in [2.24, 2.45) is 0 Å². The van der Waals surface area contributed by atoms with Gasteiger partial charge in [0.25, 0.3) is 5.56 Å². The Balaban J connectivity index is 1.55. The van der Waals surface area contributed by atoms with Gasteiger partial charge in [0.15, 0.2) is 25.0 Å². The number of nitrogens with zero attached hydrogens (tertiary/aromatic N) is 2. The highest BCUT2D eigenvalue weighted by atomic mass is 31.2. The van der Waals surface area contributed by atoms with E-state index in [4.69, 9.17) is 28.0 Å². The van der Waals surface area contributed by atoms with Crippen molar-refractivity contribution in [1.29, 1.82) is 0 Å². The summed E-state index contributed by atoms with van der Waals surface area (Å²) >= 11 is 0. The predicted octanol–water partition coefficient (Wildman–Crippen LogP) is 3.90.